The van der Waals surface area contributed by atoms with Crippen LogP contribution >= 0.6 is 22.9 Å². The summed E-state index contributed by atoms with van der Waals surface area (Å²) in [6, 6.07) is 11.9. The fourth-order valence-electron chi connectivity index (χ4n) is 1.78. The zero-order valence-corrected chi connectivity index (χ0v) is 13.4. The summed E-state index contributed by atoms with van der Waals surface area (Å²) in [6.45, 7) is 2.03. The van der Waals surface area contributed by atoms with E-state index in [0.29, 0.717) is 11.0 Å². The highest BCUT2D eigenvalue weighted by Gasteiger charge is 2.08. The lowest BCUT2D eigenvalue weighted by Gasteiger charge is -1.96. The molecule has 0 spiro atoms. The zero-order chi connectivity index (χ0) is 15.4. The van der Waals surface area contributed by atoms with Crippen LogP contribution in [0, 0.1) is 6.92 Å². The van der Waals surface area contributed by atoms with Crippen molar-refractivity contribution in [1.29, 1.82) is 0 Å². The second-order valence-electron chi connectivity index (χ2n) is 4.63. The lowest BCUT2D eigenvalue weighted by molar-refractivity contribution is -0.111. The molecule has 0 aliphatic carbocycles. The van der Waals surface area contributed by atoms with Crippen LogP contribution in [0.1, 0.15) is 11.1 Å². The summed E-state index contributed by atoms with van der Waals surface area (Å²) in [5, 5.41) is 5.20. The third kappa shape index (κ3) is 3.66. The van der Waals surface area contributed by atoms with Crippen LogP contribution in [-0.4, -0.2) is 15.3 Å². The number of aromatic nitrogens is 2. The number of anilines is 1. The number of hydrogen-bond donors (Lipinski definition) is 1. The van der Waals surface area contributed by atoms with Gasteiger partial charge in [-0.3, -0.25) is 10.1 Å². The first-order valence-electron chi connectivity index (χ1n) is 6.64. The molecule has 0 bridgehead atoms. The second-order valence-corrected chi connectivity index (χ2v) is 6.33. The Hall–Kier alpha value is -2.31. The molecule has 3 aromatic rings. The van der Waals surface area contributed by atoms with Crippen LogP contribution in [0.3, 0.4) is 0 Å². The van der Waals surface area contributed by atoms with E-state index in [1.165, 1.54) is 23.2 Å². The molecule has 0 unspecified atom stereocenters. The van der Waals surface area contributed by atoms with Gasteiger partial charge in [-0.1, -0.05) is 35.9 Å². The molecule has 0 saturated heterocycles. The molecule has 0 fully saturated rings. The maximum atomic E-state index is 11.9. The third-order valence-corrected chi connectivity index (χ3v) is 4.40. The number of nitrogens with zero attached hydrogens (tertiary/aromatic N) is 2. The molecule has 1 aromatic carbocycles. The number of carbonyl (C=O) groups excluding carboxylic acids is 1. The average Bonchev–Trinajstić information content (AvgIpc) is 3.17. The van der Waals surface area contributed by atoms with E-state index in [2.05, 4.69) is 14.7 Å². The monoisotopic (exact) mass is 327 g/mol. The third-order valence-electron chi connectivity index (χ3n) is 2.90. The fourth-order valence-corrected chi connectivity index (χ4v) is 3.08. The van der Waals surface area contributed by atoms with Gasteiger partial charge >= 0.3 is 0 Å². The SMILES string of the molecule is Cc1ccc(/C=C/C(=O)Nc2nc(-c3cccs3)ns2)cc1. The normalized spacial score (nSPS) is 11.0. The van der Waals surface area contributed by atoms with Gasteiger partial charge < -0.3 is 0 Å². The Balaban J connectivity index is 1.63. The molecule has 4 nitrogen and oxygen atoms in total. The van der Waals surface area contributed by atoms with Gasteiger partial charge in [-0.15, -0.1) is 11.3 Å². The predicted octanol–water partition coefficient (Wildman–Crippen LogP) is 4.23. The van der Waals surface area contributed by atoms with Gasteiger partial charge in [-0.2, -0.15) is 9.36 Å². The van der Waals surface area contributed by atoms with E-state index in [-0.39, 0.29) is 5.91 Å². The van der Waals surface area contributed by atoms with Crippen molar-refractivity contribution in [1.82, 2.24) is 9.36 Å². The molecule has 0 radical (unpaired) electrons. The van der Waals surface area contributed by atoms with E-state index in [1.54, 1.807) is 17.4 Å². The first kappa shape index (κ1) is 14.6. The number of carbonyl (C=O) groups is 1. The fraction of sp³-hybridized carbons (Fsp3) is 0.0625. The molecule has 0 aliphatic rings. The van der Waals surface area contributed by atoms with Gasteiger partial charge in [-0.25, -0.2) is 0 Å². The van der Waals surface area contributed by atoms with E-state index in [1.807, 2.05) is 48.7 Å². The molecule has 1 N–H and O–H groups in total. The summed E-state index contributed by atoms with van der Waals surface area (Å²) < 4.78 is 4.24. The Morgan fingerprint density at radius 3 is 2.77 bits per heavy atom. The van der Waals surface area contributed by atoms with Crippen molar-refractivity contribution >= 4 is 40.0 Å². The van der Waals surface area contributed by atoms with Crippen LogP contribution in [0.2, 0.25) is 0 Å². The molecule has 22 heavy (non-hydrogen) atoms. The van der Waals surface area contributed by atoms with Crippen molar-refractivity contribution in [3.63, 3.8) is 0 Å². The number of amides is 1. The van der Waals surface area contributed by atoms with Gasteiger partial charge in [0.2, 0.25) is 11.0 Å². The van der Waals surface area contributed by atoms with Gasteiger partial charge in [0.15, 0.2) is 5.82 Å². The maximum absolute atomic E-state index is 11.9. The minimum Gasteiger partial charge on any atom is -0.297 e. The number of nitrogens with one attached hydrogen (secondary N) is 1. The van der Waals surface area contributed by atoms with Gasteiger partial charge in [0.05, 0.1) is 4.88 Å². The standard InChI is InChI=1S/C16H13N3OS2/c1-11-4-6-12(7-5-11)8-9-14(20)17-16-18-15(19-22-16)13-3-2-10-21-13/h2-10H,1H3,(H,17,18,19,20)/b9-8+. The first-order chi connectivity index (χ1) is 10.7. The summed E-state index contributed by atoms with van der Waals surface area (Å²) in [5.74, 6) is 0.437. The molecule has 0 aliphatic heterocycles. The Morgan fingerprint density at radius 2 is 2.05 bits per heavy atom. The van der Waals surface area contributed by atoms with Gasteiger partial charge in [-0.05, 0) is 30.0 Å². The highest BCUT2D eigenvalue weighted by molar-refractivity contribution is 7.14. The highest BCUT2D eigenvalue weighted by atomic mass is 32.1. The Bertz CT molecular complexity index is 789. The quantitative estimate of drug-likeness (QED) is 0.730. The van der Waals surface area contributed by atoms with Gasteiger partial charge in [0, 0.05) is 17.6 Å². The van der Waals surface area contributed by atoms with Crippen LogP contribution < -0.4 is 5.32 Å². The van der Waals surface area contributed by atoms with Crippen LogP contribution in [0.25, 0.3) is 16.8 Å². The lowest BCUT2D eigenvalue weighted by Crippen LogP contribution is -2.07. The molecule has 0 atom stereocenters. The molecular formula is C16H13N3OS2. The Kier molecular flexibility index (Phi) is 4.41. The summed E-state index contributed by atoms with van der Waals surface area (Å²) in [7, 11) is 0. The van der Waals surface area contributed by atoms with Crippen molar-refractivity contribution in [2.45, 2.75) is 6.92 Å². The topological polar surface area (TPSA) is 54.9 Å². The summed E-state index contributed by atoms with van der Waals surface area (Å²) in [5.41, 5.74) is 2.17. The molecule has 6 heteroatoms. The van der Waals surface area contributed by atoms with Crippen molar-refractivity contribution in [2.75, 3.05) is 5.32 Å². The van der Waals surface area contributed by atoms with Crippen LogP contribution in [0.4, 0.5) is 5.13 Å². The van der Waals surface area contributed by atoms with E-state index in [0.717, 1.165) is 10.4 Å². The van der Waals surface area contributed by atoms with Crippen molar-refractivity contribution in [2.24, 2.45) is 0 Å². The number of thiophene rings is 1. The second kappa shape index (κ2) is 6.64. The number of rotatable bonds is 4. The Morgan fingerprint density at radius 1 is 1.23 bits per heavy atom. The summed E-state index contributed by atoms with van der Waals surface area (Å²) in [6.07, 6.45) is 3.27. The summed E-state index contributed by atoms with van der Waals surface area (Å²) >= 11 is 2.75. The highest BCUT2D eigenvalue weighted by Crippen LogP contribution is 2.24. The minimum atomic E-state index is -0.213. The predicted molar refractivity (Wildman–Crippen MR) is 92.1 cm³/mol. The van der Waals surface area contributed by atoms with Gasteiger partial charge in [0.25, 0.3) is 0 Å². The van der Waals surface area contributed by atoms with E-state index >= 15 is 0 Å². The van der Waals surface area contributed by atoms with E-state index in [4.69, 9.17) is 0 Å². The van der Waals surface area contributed by atoms with Crippen molar-refractivity contribution < 1.29 is 4.79 Å². The Labute approximate surface area is 136 Å². The first-order valence-corrected chi connectivity index (χ1v) is 8.29. The van der Waals surface area contributed by atoms with Crippen molar-refractivity contribution in [3.05, 3.63) is 59.0 Å². The maximum Gasteiger partial charge on any atom is 0.250 e. The van der Waals surface area contributed by atoms with Crippen molar-refractivity contribution in [3.8, 4) is 10.7 Å². The van der Waals surface area contributed by atoms with Gasteiger partial charge in [0.1, 0.15) is 0 Å². The molecule has 2 aromatic heterocycles. The lowest BCUT2D eigenvalue weighted by atomic mass is 10.1. The number of benzene rings is 1. The molecular weight excluding hydrogens is 314 g/mol. The van der Waals surface area contributed by atoms with Crippen LogP contribution in [0.15, 0.2) is 47.9 Å². The minimum absolute atomic E-state index is 0.213. The smallest absolute Gasteiger partial charge is 0.250 e. The molecule has 0 saturated carbocycles. The number of aryl methyl sites for hydroxylation is 1. The number of hydrogen-bond acceptors (Lipinski definition) is 5. The average molecular weight is 327 g/mol. The molecule has 3 rings (SSSR count). The van der Waals surface area contributed by atoms with Crippen LogP contribution in [0.5, 0.6) is 0 Å². The molecule has 110 valence electrons. The molecule has 2 heterocycles. The van der Waals surface area contributed by atoms with E-state index < -0.39 is 0 Å². The molecule has 1 amide bonds. The largest absolute Gasteiger partial charge is 0.297 e. The van der Waals surface area contributed by atoms with Crippen LogP contribution in [-0.2, 0) is 4.79 Å². The zero-order valence-electron chi connectivity index (χ0n) is 11.8. The summed E-state index contributed by atoms with van der Waals surface area (Å²) in [4.78, 5) is 17.2. The van der Waals surface area contributed by atoms with E-state index in [9.17, 15) is 4.79 Å².